The van der Waals surface area contributed by atoms with Gasteiger partial charge in [0.2, 0.25) is 0 Å². The smallest absolute Gasteiger partial charge is 0.131 e. The molecule has 1 aromatic carbocycles. The lowest BCUT2D eigenvalue weighted by atomic mass is 10.1. The van der Waals surface area contributed by atoms with Crippen LogP contribution in [0.5, 0.6) is 0 Å². The first-order valence-corrected chi connectivity index (χ1v) is 5.65. The van der Waals surface area contributed by atoms with Gasteiger partial charge in [0.05, 0.1) is 0 Å². The van der Waals surface area contributed by atoms with Gasteiger partial charge in [-0.3, -0.25) is 0 Å². The first-order valence-electron chi connectivity index (χ1n) is 5.65. The summed E-state index contributed by atoms with van der Waals surface area (Å²) in [5.74, 6) is 0.606. The van der Waals surface area contributed by atoms with Crippen LogP contribution in [0.3, 0.4) is 0 Å². The molecule has 0 aliphatic rings. The van der Waals surface area contributed by atoms with Crippen molar-refractivity contribution in [3.63, 3.8) is 0 Å². The minimum Gasteiger partial charge on any atom is -0.383 e. The van der Waals surface area contributed by atoms with Crippen LogP contribution in [0.1, 0.15) is 18.9 Å². The number of nitrogens with two attached hydrogens (primary N) is 1. The molecule has 0 saturated carbocycles. The van der Waals surface area contributed by atoms with E-state index in [9.17, 15) is 0 Å². The van der Waals surface area contributed by atoms with Crippen LogP contribution < -0.4 is 11.1 Å². The van der Waals surface area contributed by atoms with E-state index in [1.54, 1.807) is 0 Å². The zero-order valence-electron chi connectivity index (χ0n) is 9.53. The molecule has 0 amide bonds. The molecule has 0 fully saturated rings. The molecule has 0 bridgehead atoms. The second kappa shape index (κ2) is 4.94. The number of nitrogen functional groups attached to an aromatic ring is 1. The van der Waals surface area contributed by atoms with Crippen molar-refractivity contribution in [2.45, 2.75) is 19.9 Å². The van der Waals surface area contributed by atoms with Crippen molar-refractivity contribution < 1.29 is 0 Å². The molecule has 3 N–H and O–H groups in total. The topological polar surface area (TPSA) is 50.9 Å². The van der Waals surface area contributed by atoms with Gasteiger partial charge in [-0.1, -0.05) is 31.2 Å². The number of nitrogens with one attached hydrogen (secondary N) is 1. The number of pyridine rings is 1. The first kappa shape index (κ1) is 10.9. The number of rotatable bonds is 4. The largest absolute Gasteiger partial charge is 0.383 e. The molecule has 0 aliphatic carbocycles. The average molecular weight is 215 g/mol. The molecule has 0 radical (unpaired) electrons. The fourth-order valence-electron chi connectivity index (χ4n) is 1.81. The normalized spacial score (nSPS) is 10.8. The standard InChI is InChI=1S/C13H17N3/c1-2-7-15-8-10-9-16-13(14)12-6-4-3-5-11(10)12/h3-6,9,15H,2,7-8H2,1H3,(H2,14,16). The van der Waals surface area contributed by atoms with Crippen LogP contribution in [0.4, 0.5) is 5.82 Å². The molecule has 3 nitrogen and oxygen atoms in total. The second-order valence-corrected chi connectivity index (χ2v) is 3.89. The molecule has 0 unspecified atom stereocenters. The molecular weight excluding hydrogens is 198 g/mol. The van der Waals surface area contributed by atoms with E-state index in [0.717, 1.165) is 24.9 Å². The molecule has 84 valence electrons. The predicted octanol–water partition coefficient (Wildman–Crippen LogP) is 2.32. The number of hydrogen-bond acceptors (Lipinski definition) is 3. The number of nitrogens with zero attached hydrogens (tertiary/aromatic N) is 1. The Hall–Kier alpha value is -1.61. The fraction of sp³-hybridized carbons (Fsp3) is 0.308. The third kappa shape index (κ3) is 2.14. The van der Waals surface area contributed by atoms with Crippen molar-refractivity contribution in [1.29, 1.82) is 0 Å². The number of anilines is 1. The van der Waals surface area contributed by atoms with Gasteiger partial charge in [0, 0.05) is 18.1 Å². The lowest BCUT2D eigenvalue weighted by Crippen LogP contribution is -2.14. The summed E-state index contributed by atoms with van der Waals surface area (Å²) in [5, 5.41) is 5.62. The Balaban J connectivity index is 2.35. The van der Waals surface area contributed by atoms with Crippen LogP contribution in [0.25, 0.3) is 10.8 Å². The van der Waals surface area contributed by atoms with Gasteiger partial charge in [0.15, 0.2) is 0 Å². The molecule has 0 spiro atoms. The Morgan fingerprint density at radius 3 is 2.75 bits per heavy atom. The first-order chi connectivity index (χ1) is 7.83. The maximum absolute atomic E-state index is 5.85. The van der Waals surface area contributed by atoms with E-state index in [1.807, 2.05) is 24.4 Å². The number of hydrogen-bond donors (Lipinski definition) is 2. The molecule has 0 atom stereocenters. The number of benzene rings is 1. The van der Waals surface area contributed by atoms with E-state index >= 15 is 0 Å². The Bertz CT molecular complexity index is 480. The molecule has 1 aromatic heterocycles. The van der Waals surface area contributed by atoms with Crippen molar-refractivity contribution in [2.24, 2.45) is 0 Å². The summed E-state index contributed by atoms with van der Waals surface area (Å²) in [6.07, 6.45) is 3.00. The van der Waals surface area contributed by atoms with Crippen LogP contribution in [0, 0.1) is 0 Å². The highest BCUT2D eigenvalue weighted by Gasteiger charge is 2.03. The highest BCUT2D eigenvalue weighted by molar-refractivity contribution is 5.92. The lowest BCUT2D eigenvalue weighted by molar-refractivity contribution is 0.677. The molecule has 16 heavy (non-hydrogen) atoms. The highest BCUT2D eigenvalue weighted by Crippen LogP contribution is 2.21. The SMILES string of the molecule is CCCNCc1cnc(N)c2ccccc12. The zero-order chi connectivity index (χ0) is 11.4. The minimum absolute atomic E-state index is 0.606. The third-order valence-corrected chi connectivity index (χ3v) is 2.65. The van der Waals surface area contributed by atoms with Crippen molar-refractivity contribution in [1.82, 2.24) is 10.3 Å². The zero-order valence-corrected chi connectivity index (χ0v) is 9.53. The average Bonchev–Trinajstić information content (AvgIpc) is 2.33. The molecule has 2 rings (SSSR count). The Morgan fingerprint density at radius 2 is 2.00 bits per heavy atom. The van der Waals surface area contributed by atoms with Crippen LogP contribution in [0.2, 0.25) is 0 Å². The number of fused-ring (bicyclic) bond motifs is 1. The van der Waals surface area contributed by atoms with Crippen molar-refractivity contribution in [2.75, 3.05) is 12.3 Å². The number of aromatic nitrogens is 1. The van der Waals surface area contributed by atoms with E-state index < -0.39 is 0 Å². The third-order valence-electron chi connectivity index (χ3n) is 2.65. The summed E-state index contributed by atoms with van der Waals surface area (Å²) in [5.41, 5.74) is 7.06. The van der Waals surface area contributed by atoms with E-state index in [-0.39, 0.29) is 0 Å². The molecule has 3 heteroatoms. The Morgan fingerprint density at radius 1 is 1.25 bits per heavy atom. The van der Waals surface area contributed by atoms with E-state index in [0.29, 0.717) is 5.82 Å². The van der Waals surface area contributed by atoms with Crippen LogP contribution in [-0.4, -0.2) is 11.5 Å². The van der Waals surface area contributed by atoms with Gasteiger partial charge in [-0.15, -0.1) is 0 Å². The van der Waals surface area contributed by atoms with Gasteiger partial charge < -0.3 is 11.1 Å². The fourth-order valence-corrected chi connectivity index (χ4v) is 1.81. The molecule has 0 aliphatic heterocycles. The summed E-state index contributed by atoms with van der Waals surface area (Å²) in [6.45, 7) is 4.03. The summed E-state index contributed by atoms with van der Waals surface area (Å²) < 4.78 is 0. The minimum atomic E-state index is 0.606. The highest BCUT2D eigenvalue weighted by atomic mass is 14.9. The van der Waals surface area contributed by atoms with Gasteiger partial charge in [0.25, 0.3) is 0 Å². The van der Waals surface area contributed by atoms with Gasteiger partial charge in [0.1, 0.15) is 5.82 Å². The van der Waals surface area contributed by atoms with E-state index in [1.165, 1.54) is 10.9 Å². The van der Waals surface area contributed by atoms with Crippen LogP contribution >= 0.6 is 0 Å². The molecular formula is C13H17N3. The van der Waals surface area contributed by atoms with Crippen LogP contribution in [0.15, 0.2) is 30.5 Å². The summed E-state index contributed by atoms with van der Waals surface area (Å²) in [6, 6.07) is 8.13. The summed E-state index contributed by atoms with van der Waals surface area (Å²) in [7, 11) is 0. The van der Waals surface area contributed by atoms with Crippen molar-refractivity contribution >= 4 is 16.6 Å². The van der Waals surface area contributed by atoms with Gasteiger partial charge in [-0.05, 0) is 23.9 Å². The summed E-state index contributed by atoms with van der Waals surface area (Å²) >= 11 is 0. The second-order valence-electron chi connectivity index (χ2n) is 3.89. The Kier molecular flexibility index (Phi) is 3.37. The van der Waals surface area contributed by atoms with Crippen molar-refractivity contribution in [3.05, 3.63) is 36.0 Å². The van der Waals surface area contributed by atoms with Crippen LogP contribution in [-0.2, 0) is 6.54 Å². The maximum atomic E-state index is 5.85. The lowest BCUT2D eigenvalue weighted by Gasteiger charge is -2.08. The van der Waals surface area contributed by atoms with Crippen molar-refractivity contribution in [3.8, 4) is 0 Å². The van der Waals surface area contributed by atoms with Gasteiger partial charge in [-0.25, -0.2) is 4.98 Å². The van der Waals surface area contributed by atoms with Gasteiger partial charge in [-0.2, -0.15) is 0 Å². The van der Waals surface area contributed by atoms with E-state index in [2.05, 4.69) is 23.3 Å². The molecule has 0 saturated heterocycles. The van der Waals surface area contributed by atoms with E-state index in [4.69, 9.17) is 5.73 Å². The Labute approximate surface area is 95.7 Å². The maximum Gasteiger partial charge on any atom is 0.131 e. The molecule has 2 aromatic rings. The monoisotopic (exact) mass is 215 g/mol. The quantitative estimate of drug-likeness (QED) is 0.769. The molecule has 1 heterocycles. The predicted molar refractivity (Wildman–Crippen MR) is 68.2 cm³/mol. The van der Waals surface area contributed by atoms with Gasteiger partial charge >= 0.3 is 0 Å². The summed E-state index contributed by atoms with van der Waals surface area (Å²) in [4.78, 5) is 4.22.